The monoisotopic (exact) mass is 324 g/mol. The van der Waals surface area contributed by atoms with E-state index in [0.717, 1.165) is 35.8 Å². The van der Waals surface area contributed by atoms with Crippen molar-refractivity contribution in [2.24, 2.45) is 0 Å². The van der Waals surface area contributed by atoms with Crippen LogP contribution in [0.1, 0.15) is 24.0 Å². The molecule has 0 amide bonds. The molecule has 25 heavy (non-hydrogen) atoms. The molecule has 0 aromatic heterocycles. The molecule has 0 unspecified atom stereocenters. The van der Waals surface area contributed by atoms with E-state index < -0.39 is 0 Å². The van der Waals surface area contributed by atoms with Crippen molar-refractivity contribution in [2.45, 2.75) is 25.7 Å². The zero-order valence-electron chi connectivity index (χ0n) is 13.9. The van der Waals surface area contributed by atoms with Crippen LogP contribution in [0.25, 0.3) is 0 Å². The van der Waals surface area contributed by atoms with Crippen LogP contribution in [0.4, 0.5) is 0 Å². The Balaban J connectivity index is 1.70. The van der Waals surface area contributed by atoms with Crippen LogP contribution in [0.2, 0.25) is 0 Å². The molecule has 3 heteroatoms. The Labute approximate surface area is 147 Å². The molecule has 0 saturated carbocycles. The minimum atomic E-state index is 0.201. The molecule has 1 aliphatic carbocycles. The van der Waals surface area contributed by atoms with Crippen LogP contribution in [0.15, 0.2) is 54.6 Å². The van der Waals surface area contributed by atoms with Gasteiger partial charge in [0.05, 0.1) is 0 Å². The van der Waals surface area contributed by atoms with Crippen LogP contribution in [0.3, 0.4) is 0 Å². The van der Waals surface area contributed by atoms with Crippen LogP contribution >= 0.6 is 0 Å². The Morgan fingerprint density at radius 1 is 0.720 bits per heavy atom. The number of hydrogen-bond donors (Lipinski definition) is 0. The number of aryl methyl sites for hydroxylation is 1. The zero-order chi connectivity index (χ0) is 16.4. The first kappa shape index (κ1) is 13.6. The summed E-state index contributed by atoms with van der Waals surface area (Å²) in [4.78, 5) is 0. The van der Waals surface area contributed by atoms with E-state index in [4.69, 9.17) is 9.47 Å². The number of para-hydroxylation sites is 2. The maximum Gasteiger partial charge on any atom is 0.260 e. The average molecular weight is 324 g/mol. The van der Waals surface area contributed by atoms with Gasteiger partial charge in [-0.25, -0.2) is 0 Å². The molecule has 0 atom stereocenters. The van der Waals surface area contributed by atoms with E-state index in [2.05, 4.69) is 48.5 Å². The van der Waals surface area contributed by atoms with Crippen molar-refractivity contribution >= 4 is 23.1 Å². The molecule has 0 spiro atoms. The summed E-state index contributed by atoms with van der Waals surface area (Å²) in [6, 6.07) is 19.1. The van der Waals surface area contributed by atoms with Gasteiger partial charge in [-0.2, -0.15) is 0 Å². The lowest BCUT2D eigenvalue weighted by atomic mass is 9.34. The summed E-state index contributed by atoms with van der Waals surface area (Å²) in [5, 5.41) is 0. The smallest absolute Gasteiger partial charge is 0.260 e. The van der Waals surface area contributed by atoms with Crippen LogP contribution < -0.4 is 25.9 Å². The third-order valence-electron chi connectivity index (χ3n) is 5.78. The predicted octanol–water partition coefficient (Wildman–Crippen LogP) is 3.29. The molecule has 0 radical (unpaired) electrons. The number of hydrogen-bond acceptors (Lipinski definition) is 2. The Morgan fingerprint density at radius 3 is 2.20 bits per heavy atom. The van der Waals surface area contributed by atoms with Crippen molar-refractivity contribution in [3.63, 3.8) is 0 Å². The Bertz CT molecular complexity index is 1010. The molecule has 120 valence electrons. The molecule has 2 aliphatic heterocycles. The van der Waals surface area contributed by atoms with Gasteiger partial charge in [0.1, 0.15) is 23.0 Å². The summed E-state index contributed by atoms with van der Waals surface area (Å²) >= 11 is 0. The molecule has 2 heterocycles. The van der Waals surface area contributed by atoms with Gasteiger partial charge in [0.15, 0.2) is 0 Å². The lowest BCUT2D eigenvalue weighted by molar-refractivity contribution is 0.454. The van der Waals surface area contributed by atoms with Crippen LogP contribution in [-0.2, 0) is 12.8 Å². The van der Waals surface area contributed by atoms with Crippen molar-refractivity contribution < 1.29 is 9.47 Å². The van der Waals surface area contributed by atoms with Crippen molar-refractivity contribution in [2.75, 3.05) is 0 Å². The first-order chi connectivity index (χ1) is 12.4. The lowest BCUT2D eigenvalue weighted by Gasteiger charge is -2.35. The first-order valence-electron chi connectivity index (χ1n) is 9.12. The van der Waals surface area contributed by atoms with E-state index >= 15 is 0 Å². The van der Waals surface area contributed by atoms with E-state index in [9.17, 15) is 0 Å². The summed E-state index contributed by atoms with van der Waals surface area (Å²) in [5.41, 5.74) is 6.49. The number of benzene rings is 3. The van der Waals surface area contributed by atoms with Gasteiger partial charge in [0.2, 0.25) is 0 Å². The average Bonchev–Trinajstić information content (AvgIpc) is 2.67. The summed E-state index contributed by atoms with van der Waals surface area (Å²) in [7, 11) is 0. The van der Waals surface area contributed by atoms with E-state index in [1.807, 2.05) is 6.07 Å². The molecular formula is C22H17BO2. The molecule has 2 nitrogen and oxygen atoms in total. The second-order valence-electron chi connectivity index (χ2n) is 7.18. The van der Waals surface area contributed by atoms with Crippen LogP contribution in [0, 0.1) is 0 Å². The molecule has 3 aliphatic rings. The third kappa shape index (κ3) is 1.81. The highest BCUT2D eigenvalue weighted by Gasteiger charge is 2.41. The van der Waals surface area contributed by atoms with Crippen molar-refractivity contribution in [1.82, 2.24) is 0 Å². The van der Waals surface area contributed by atoms with E-state index in [-0.39, 0.29) is 6.71 Å². The molecule has 0 fully saturated rings. The Kier molecular flexibility index (Phi) is 2.67. The standard InChI is InChI=1S/C22H17BO2/c1-2-8-15-14(7-1)13-20-21-22(15)25-19-12-6-4-10-17(19)23(21)16-9-3-5-11-18(16)24-20/h3-6,9-13H,1-2,7-8H2. The van der Waals surface area contributed by atoms with Gasteiger partial charge >= 0.3 is 0 Å². The van der Waals surface area contributed by atoms with Gasteiger partial charge in [-0.05, 0) is 65.9 Å². The minimum Gasteiger partial charge on any atom is -0.458 e. The molecule has 3 aromatic rings. The van der Waals surface area contributed by atoms with E-state index in [1.54, 1.807) is 0 Å². The SMILES string of the molecule is c1ccc2c(c1)Oc1cc3c(c4c1B2c1ccccc1O4)CCCC3. The Hall–Kier alpha value is -2.68. The normalized spacial score (nSPS) is 15.9. The van der Waals surface area contributed by atoms with Crippen molar-refractivity contribution in [3.8, 4) is 23.0 Å². The van der Waals surface area contributed by atoms with Gasteiger partial charge in [0.25, 0.3) is 6.71 Å². The van der Waals surface area contributed by atoms with Crippen molar-refractivity contribution in [1.29, 1.82) is 0 Å². The molecule has 6 rings (SSSR count). The van der Waals surface area contributed by atoms with Gasteiger partial charge in [0, 0.05) is 5.46 Å². The quantitative estimate of drug-likeness (QED) is 0.407. The molecule has 3 aromatic carbocycles. The third-order valence-corrected chi connectivity index (χ3v) is 5.78. The fraction of sp³-hybridized carbons (Fsp3) is 0.182. The van der Waals surface area contributed by atoms with Gasteiger partial charge in [-0.15, -0.1) is 0 Å². The first-order valence-corrected chi connectivity index (χ1v) is 9.12. The fourth-order valence-corrected chi connectivity index (χ4v) is 4.66. The number of ether oxygens (including phenoxy) is 2. The number of rotatable bonds is 0. The Morgan fingerprint density at radius 2 is 1.40 bits per heavy atom. The maximum absolute atomic E-state index is 6.46. The van der Waals surface area contributed by atoms with Gasteiger partial charge in [-0.3, -0.25) is 0 Å². The second kappa shape index (κ2) is 4.92. The van der Waals surface area contributed by atoms with Gasteiger partial charge in [-0.1, -0.05) is 36.4 Å². The molecule has 0 bridgehead atoms. The van der Waals surface area contributed by atoms with Crippen LogP contribution in [0.5, 0.6) is 23.0 Å². The predicted molar refractivity (Wildman–Crippen MR) is 101 cm³/mol. The van der Waals surface area contributed by atoms with Gasteiger partial charge < -0.3 is 9.47 Å². The highest BCUT2D eigenvalue weighted by Crippen LogP contribution is 2.40. The zero-order valence-corrected chi connectivity index (χ0v) is 13.9. The largest absolute Gasteiger partial charge is 0.458 e. The second-order valence-corrected chi connectivity index (χ2v) is 7.18. The maximum atomic E-state index is 6.46. The topological polar surface area (TPSA) is 18.5 Å². The molecule has 0 saturated heterocycles. The van der Waals surface area contributed by atoms with Crippen molar-refractivity contribution in [3.05, 3.63) is 65.7 Å². The summed E-state index contributed by atoms with van der Waals surface area (Å²) in [6.07, 6.45) is 4.72. The lowest BCUT2D eigenvalue weighted by Crippen LogP contribution is -2.57. The number of fused-ring (bicyclic) bond motifs is 6. The highest BCUT2D eigenvalue weighted by molar-refractivity contribution is 6.98. The summed E-state index contributed by atoms with van der Waals surface area (Å²) < 4.78 is 12.8. The van der Waals surface area contributed by atoms with E-state index in [1.165, 1.54) is 40.4 Å². The highest BCUT2D eigenvalue weighted by atomic mass is 16.5. The summed E-state index contributed by atoms with van der Waals surface area (Å²) in [5.74, 6) is 4.00. The molecule has 0 N–H and O–H groups in total. The fourth-order valence-electron chi connectivity index (χ4n) is 4.66. The minimum absolute atomic E-state index is 0.201. The van der Waals surface area contributed by atoms with E-state index in [0.29, 0.717) is 0 Å². The summed E-state index contributed by atoms with van der Waals surface area (Å²) in [6.45, 7) is 0.201. The molecular weight excluding hydrogens is 307 g/mol. The van der Waals surface area contributed by atoms with Crippen LogP contribution in [-0.4, -0.2) is 6.71 Å².